The Morgan fingerprint density at radius 3 is 2.25 bits per heavy atom. The summed E-state index contributed by atoms with van der Waals surface area (Å²) in [5.41, 5.74) is -0.406. The van der Waals surface area contributed by atoms with Gasteiger partial charge in [0.2, 0.25) is 0 Å². The van der Waals surface area contributed by atoms with Crippen LogP contribution in [0.2, 0.25) is 0 Å². The maximum Gasteiger partial charge on any atom is 0.410 e. The Morgan fingerprint density at radius 1 is 1.31 bits per heavy atom. The Morgan fingerprint density at radius 2 is 1.88 bits per heavy atom. The second kappa shape index (κ2) is 4.62. The number of carbonyl (C=O) groups is 1. The standard InChI is InChI=1S/C12H24N2O2/c1-9-7-14(8-10(9)13(5)6)11(15)16-12(2,3)4/h9-10H,7-8H2,1-6H3/t9-,10-/m0/s1. The quantitative estimate of drug-likeness (QED) is 0.686. The van der Waals surface area contributed by atoms with Gasteiger partial charge in [-0.1, -0.05) is 6.92 Å². The molecule has 0 unspecified atom stereocenters. The highest BCUT2D eigenvalue weighted by Crippen LogP contribution is 2.22. The van der Waals surface area contributed by atoms with Crippen LogP contribution in [0.15, 0.2) is 0 Å². The van der Waals surface area contributed by atoms with Gasteiger partial charge in [-0.2, -0.15) is 0 Å². The number of likely N-dealkylation sites (N-methyl/N-ethyl adjacent to an activating group) is 1. The van der Waals surface area contributed by atoms with Gasteiger partial charge in [-0.3, -0.25) is 0 Å². The van der Waals surface area contributed by atoms with Gasteiger partial charge in [-0.25, -0.2) is 4.79 Å². The first-order chi connectivity index (χ1) is 7.20. The van der Waals surface area contributed by atoms with Crippen LogP contribution in [-0.2, 0) is 4.74 Å². The van der Waals surface area contributed by atoms with Crippen molar-refractivity contribution >= 4 is 6.09 Å². The molecule has 4 nitrogen and oxygen atoms in total. The van der Waals surface area contributed by atoms with Gasteiger partial charge in [-0.05, 0) is 40.8 Å². The lowest BCUT2D eigenvalue weighted by molar-refractivity contribution is 0.0282. The molecular formula is C12H24N2O2. The largest absolute Gasteiger partial charge is 0.444 e. The molecule has 0 aromatic rings. The normalized spacial score (nSPS) is 26.3. The Kier molecular flexibility index (Phi) is 3.84. The monoisotopic (exact) mass is 228 g/mol. The van der Waals surface area contributed by atoms with Crippen LogP contribution >= 0.6 is 0 Å². The molecule has 0 saturated carbocycles. The fourth-order valence-electron chi connectivity index (χ4n) is 2.10. The van der Waals surface area contributed by atoms with Crippen LogP contribution in [0.25, 0.3) is 0 Å². The third-order valence-electron chi connectivity index (χ3n) is 2.89. The molecule has 1 amide bonds. The van der Waals surface area contributed by atoms with E-state index < -0.39 is 5.60 Å². The topological polar surface area (TPSA) is 32.8 Å². The molecule has 0 aromatic carbocycles. The van der Waals surface area contributed by atoms with Gasteiger partial charge in [0.1, 0.15) is 5.60 Å². The predicted molar refractivity (Wildman–Crippen MR) is 64.4 cm³/mol. The number of ether oxygens (including phenoxy) is 1. The van der Waals surface area contributed by atoms with Crippen molar-refractivity contribution in [1.82, 2.24) is 9.80 Å². The molecule has 94 valence electrons. The summed E-state index contributed by atoms with van der Waals surface area (Å²) in [6.45, 7) is 9.42. The summed E-state index contributed by atoms with van der Waals surface area (Å²) in [4.78, 5) is 15.8. The van der Waals surface area contributed by atoms with Crippen LogP contribution in [0.5, 0.6) is 0 Å². The molecule has 0 radical (unpaired) electrons. The van der Waals surface area contributed by atoms with E-state index in [-0.39, 0.29) is 6.09 Å². The summed E-state index contributed by atoms with van der Waals surface area (Å²) in [5, 5.41) is 0. The minimum atomic E-state index is -0.406. The molecule has 4 heteroatoms. The van der Waals surface area contributed by atoms with Crippen LogP contribution in [0, 0.1) is 5.92 Å². The Bertz CT molecular complexity index is 258. The van der Waals surface area contributed by atoms with E-state index in [1.807, 2.05) is 20.8 Å². The number of nitrogens with zero attached hydrogens (tertiary/aromatic N) is 2. The third-order valence-corrected chi connectivity index (χ3v) is 2.89. The number of hydrogen-bond donors (Lipinski definition) is 0. The van der Waals surface area contributed by atoms with Gasteiger partial charge in [0.05, 0.1) is 0 Å². The first-order valence-electron chi connectivity index (χ1n) is 5.85. The van der Waals surface area contributed by atoms with Crippen LogP contribution in [-0.4, -0.2) is 54.7 Å². The van der Waals surface area contributed by atoms with Crippen molar-refractivity contribution in [2.45, 2.75) is 39.3 Å². The van der Waals surface area contributed by atoms with Crippen LogP contribution < -0.4 is 0 Å². The van der Waals surface area contributed by atoms with Crippen LogP contribution in [0.1, 0.15) is 27.7 Å². The van der Waals surface area contributed by atoms with Gasteiger partial charge < -0.3 is 14.5 Å². The van der Waals surface area contributed by atoms with Crippen molar-refractivity contribution < 1.29 is 9.53 Å². The molecule has 2 atom stereocenters. The third kappa shape index (κ3) is 3.37. The summed E-state index contributed by atoms with van der Waals surface area (Å²) >= 11 is 0. The lowest BCUT2D eigenvalue weighted by Gasteiger charge is -2.25. The number of rotatable bonds is 1. The zero-order valence-corrected chi connectivity index (χ0v) is 11.3. The minimum Gasteiger partial charge on any atom is -0.444 e. The Labute approximate surface area is 98.5 Å². The second-order valence-electron chi connectivity index (χ2n) is 5.89. The van der Waals surface area contributed by atoms with E-state index in [4.69, 9.17) is 4.74 Å². The maximum atomic E-state index is 11.9. The fraction of sp³-hybridized carbons (Fsp3) is 0.917. The molecular weight excluding hydrogens is 204 g/mol. The van der Waals surface area contributed by atoms with E-state index in [2.05, 4.69) is 25.9 Å². The summed E-state index contributed by atoms with van der Waals surface area (Å²) in [6.07, 6.45) is -0.191. The van der Waals surface area contributed by atoms with Crippen molar-refractivity contribution in [3.05, 3.63) is 0 Å². The lowest BCUT2D eigenvalue weighted by atomic mass is 10.1. The summed E-state index contributed by atoms with van der Waals surface area (Å²) < 4.78 is 5.37. The molecule has 16 heavy (non-hydrogen) atoms. The molecule has 0 N–H and O–H groups in total. The summed E-state index contributed by atoms with van der Waals surface area (Å²) in [5.74, 6) is 0.502. The van der Waals surface area contributed by atoms with Crippen molar-refractivity contribution in [3.8, 4) is 0 Å². The highest BCUT2D eigenvalue weighted by atomic mass is 16.6. The molecule has 1 heterocycles. The molecule has 0 aliphatic carbocycles. The molecule has 1 saturated heterocycles. The van der Waals surface area contributed by atoms with Gasteiger partial charge in [0.15, 0.2) is 0 Å². The van der Waals surface area contributed by atoms with Gasteiger partial charge in [0.25, 0.3) is 0 Å². The number of carbonyl (C=O) groups excluding carboxylic acids is 1. The maximum absolute atomic E-state index is 11.9. The number of amides is 1. The molecule has 1 fully saturated rings. The highest BCUT2D eigenvalue weighted by molar-refractivity contribution is 5.68. The van der Waals surface area contributed by atoms with E-state index in [0.717, 1.165) is 13.1 Å². The smallest absolute Gasteiger partial charge is 0.410 e. The minimum absolute atomic E-state index is 0.191. The molecule has 1 aliphatic heterocycles. The SMILES string of the molecule is C[C@H]1CN(C(=O)OC(C)(C)C)C[C@@H]1N(C)C. The summed E-state index contributed by atoms with van der Waals surface area (Å²) in [7, 11) is 4.11. The average molecular weight is 228 g/mol. The molecule has 1 aliphatic rings. The first-order valence-corrected chi connectivity index (χ1v) is 5.85. The molecule has 1 rings (SSSR count). The van der Waals surface area contributed by atoms with Gasteiger partial charge in [0, 0.05) is 19.1 Å². The van der Waals surface area contributed by atoms with Crippen molar-refractivity contribution in [2.24, 2.45) is 5.92 Å². The predicted octanol–water partition coefficient (Wildman–Crippen LogP) is 1.80. The Balaban J connectivity index is 2.55. The first kappa shape index (κ1) is 13.3. The highest BCUT2D eigenvalue weighted by Gasteiger charge is 2.35. The second-order valence-corrected chi connectivity index (χ2v) is 5.89. The zero-order valence-electron chi connectivity index (χ0n) is 11.3. The summed E-state index contributed by atoms with van der Waals surface area (Å²) in [6, 6.07) is 0.438. The van der Waals surface area contributed by atoms with Gasteiger partial charge in [-0.15, -0.1) is 0 Å². The number of hydrogen-bond acceptors (Lipinski definition) is 3. The molecule has 0 aromatic heterocycles. The molecule has 0 spiro atoms. The van der Waals surface area contributed by atoms with E-state index in [0.29, 0.717) is 12.0 Å². The van der Waals surface area contributed by atoms with E-state index in [1.165, 1.54) is 0 Å². The van der Waals surface area contributed by atoms with E-state index >= 15 is 0 Å². The number of likely N-dealkylation sites (tertiary alicyclic amines) is 1. The van der Waals surface area contributed by atoms with Crippen molar-refractivity contribution in [1.29, 1.82) is 0 Å². The van der Waals surface area contributed by atoms with Crippen molar-refractivity contribution in [2.75, 3.05) is 27.2 Å². The Hall–Kier alpha value is -0.770. The zero-order chi connectivity index (χ0) is 12.5. The lowest BCUT2D eigenvalue weighted by Crippen LogP contribution is -2.38. The van der Waals surface area contributed by atoms with E-state index in [9.17, 15) is 4.79 Å². The average Bonchev–Trinajstić information content (AvgIpc) is 2.44. The van der Waals surface area contributed by atoms with Gasteiger partial charge >= 0.3 is 6.09 Å². The van der Waals surface area contributed by atoms with Crippen LogP contribution in [0.3, 0.4) is 0 Å². The van der Waals surface area contributed by atoms with E-state index in [1.54, 1.807) is 4.90 Å². The fourth-order valence-corrected chi connectivity index (χ4v) is 2.10. The van der Waals surface area contributed by atoms with Crippen LogP contribution in [0.4, 0.5) is 4.79 Å². The van der Waals surface area contributed by atoms with Crippen molar-refractivity contribution in [3.63, 3.8) is 0 Å². The molecule has 0 bridgehead atoms.